The van der Waals surface area contributed by atoms with Crippen LogP contribution < -0.4 is 9.64 Å². The first-order valence-corrected chi connectivity index (χ1v) is 9.42. The van der Waals surface area contributed by atoms with Gasteiger partial charge >= 0.3 is 0 Å². The van der Waals surface area contributed by atoms with E-state index in [-0.39, 0.29) is 5.82 Å². The molecule has 0 amide bonds. The lowest BCUT2D eigenvalue weighted by atomic mass is 10.2. The van der Waals surface area contributed by atoms with Crippen LogP contribution in [0.3, 0.4) is 0 Å². The molecule has 7 heteroatoms. The molecule has 0 saturated carbocycles. The summed E-state index contributed by atoms with van der Waals surface area (Å²) in [6.07, 6.45) is 1.80. The first-order chi connectivity index (χ1) is 13.5. The highest BCUT2D eigenvalue weighted by atomic mass is 32.1. The quantitative estimate of drug-likeness (QED) is 0.467. The molecule has 1 aromatic heterocycles. The lowest BCUT2D eigenvalue weighted by Gasteiger charge is -2.13. The number of ether oxygens (including phenoxy) is 1. The molecule has 3 aromatic rings. The van der Waals surface area contributed by atoms with Crippen LogP contribution in [0.1, 0.15) is 5.56 Å². The number of quaternary nitrogens is 1. The molecule has 0 radical (unpaired) electrons. The number of rotatable bonds is 8. The van der Waals surface area contributed by atoms with Crippen LogP contribution in [-0.4, -0.2) is 28.5 Å². The van der Waals surface area contributed by atoms with Crippen LogP contribution >= 0.6 is 12.2 Å². The third kappa shape index (κ3) is 4.37. The zero-order chi connectivity index (χ0) is 20.1. The second-order valence-corrected chi connectivity index (χ2v) is 6.99. The van der Waals surface area contributed by atoms with E-state index in [0.717, 1.165) is 29.2 Å². The zero-order valence-electron chi connectivity index (χ0n) is 16.1. The fraction of sp³-hybridized carbons (Fsp3) is 0.238. The highest BCUT2D eigenvalue weighted by Gasteiger charge is 2.17. The van der Waals surface area contributed by atoms with Gasteiger partial charge in [0.2, 0.25) is 4.77 Å². The Kier molecular flexibility index (Phi) is 6.38. The molecule has 1 atom stereocenters. The molecular weight excluding hydrogens is 375 g/mol. The van der Waals surface area contributed by atoms with Gasteiger partial charge in [0.25, 0.3) is 0 Å². The average Bonchev–Trinajstić information content (AvgIpc) is 2.99. The first kappa shape index (κ1) is 20.0. The minimum absolute atomic E-state index is 0.228. The highest BCUT2D eigenvalue weighted by Crippen LogP contribution is 2.28. The molecule has 0 aliphatic heterocycles. The molecule has 146 valence electrons. The summed E-state index contributed by atoms with van der Waals surface area (Å²) in [7, 11) is 3.70. The lowest BCUT2D eigenvalue weighted by Crippen LogP contribution is -3.07. The van der Waals surface area contributed by atoms with E-state index in [0.29, 0.717) is 18.0 Å². The van der Waals surface area contributed by atoms with Crippen molar-refractivity contribution in [1.82, 2.24) is 14.3 Å². The fourth-order valence-corrected chi connectivity index (χ4v) is 3.39. The summed E-state index contributed by atoms with van der Waals surface area (Å²) < 4.78 is 23.0. The molecule has 3 rings (SSSR count). The molecule has 0 aliphatic carbocycles. The van der Waals surface area contributed by atoms with Crippen molar-refractivity contribution >= 4 is 12.2 Å². The Labute approximate surface area is 169 Å². The summed E-state index contributed by atoms with van der Waals surface area (Å²) in [5.74, 6) is 1.26. The topological polar surface area (TPSA) is 36.4 Å². The Morgan fingerprint density at radius 2 is 1.93 bits per heavy atom. The predicted octanol–water partition coefficient (Wildman–Crippen LogP) is 3.09. The van der Waals surface area contributed by atoms with Gasteiger partial charge in [-0.05, 0) is 36.5 Å². The third-order valence-electron chi connectivity index (χ3n) is 4.42. The Bertz CT molecular complexity index is 1010. The van der Waals surface area contributed by atoms with Crippen LogP contribution in [0.25, 0.3) is 11.4 Å². The summed E-state index contributed by atoms with van der Waals surface area (Å²) in [4.78, 5) is 1.18. The van der Waals surface area contributed by atoms with Crippen molar-refractivity contribution in [3.63, 3.8) is 0 Å². The van der Waals surface area contributed by atoms with E-state index in [2.05, 4.69) is 13.6 Å². The van der Waals surface area contributed by atoms with Crippen molar-refractivity contribution in [2.75, 3.05) is 14.2 Å². The van der Waals surface area contributed by atoms with E-state index in [1.807, 2.05) is 33.5 Å². The molecule has 2 aromatic carbocycles. The van der Waals surface area contributed by atoms with Crippen molar-refractivity contribution in [3.05, 3.63) is 77.3 Å². The highest BCUT2D eigenvalue weighted by molar-refractivity contribution is 7.71. The van der Waals surface area contributed by atoms with Crippen molar-refractivity contribution in [1.29, 1.82) is 0 Å². The Hall–Kier alpha value is -2.77. The number of allylic oxidation sites excluding steroid dienone is 1. The summed E-state index contributed by atoms with van der Waals surface area (Å²) in [6, 6.07) is 14.3. The summed E-state index contributed by atoms with van der Waals surface area (Å²) >= 11 is 5.67. The second-order valence-electron chi connectivity index (χ2n) is 6.62. The minimum atomic E-state index is -0.228. The zero-order valence-corrected chi connectivity index (χ0v) is 16.9. The first-order valence-electron chi connectivity index (χ1n) is 9.01. The number of methoxy groups -OCH3 is 1. The maximum atomic E-state index is 13.1. The predicted molar refractivity (Wildman–Crippen MR) is 110 cm³/mol. The smallest absolute Gasteiger partial charge is 0.203 e. The van der Waals surface area contributed by atoms with E-state index < -0.39 is 0 Å². The molecule has 1 heterocycles. The van der Waals surface area contributed by atoms with Crippen LogP contribution in [-0.2, 0) is 19.8 Å². The van der Waals surface area contributed by atoms with E-state index in [1.54, 1.807) is 25.3 Å². The van der Waals surface area contributed by atoms with E-state index in [9.17, 15) is 4.39 Å². The van der Waals surface area contributed by atoms with Crippen molar-refractivity contribution < 1.29 is 14.0 Å². The van der Waals surface area contributed by atoms with Crippen LogP contribution in [0.4, 0.5) is 4.39 Å². The minimum Gasteiger partial charge on any atom is -0.496 e. The molecule has 28 heavy (non-hydrogen) atoms. The number of aromatic nitrogens is 3. The van der Waals surface area contributed by atoms with Gasteiger partial charge in [-0.2, -0.15) is 4.68 Å². The van der Waals surface area contributed by atoms with Gasteiger partial charge in [-0.3, -0.25) is 4.57 Å². The van der Waals surface area contributed by atoms with Gasteiger partial charge in [0.05, 0.1) is 19.7 Å². The summed E-state index contributed by atoms with van der Waals surface area (Å²) in [6.45, 7) is 5.72. The number of hydrogen-bond donors (Lipinski definition) is 1. The van der Waals surface area contributed by atoms with E-state index in [4.69, 9.17) is 22.1 Å². The number of nitrogens with zero attached hydrogens (tertiary/aromatic N) is 3. The van der Waals surface area contributed by atoms with Gasteiger partial charge in [-0.25, -0.2) is 4.39 Å². The van der Waals surface area contributed by atoms with Crippen molar-refractivity contribution in [3.8, 4) is 17.1 Å². The van der Waals surface area contributed by atoms with E-state index in [1.165, 1.54) is 17.0 Å². The SMILES string of the molecule is C=CCn1c(-c2ccccc2OC)nn(C[NH+](C)Cc2ccc(F)cc2)c1=S. The third-order valence-corrected chi connectivity index (χ3v) is 4.85. The fourth-order valence-electron chi connectivity index (χ4n) is 3.13. The molecule has 5 nitrogen and oxygen atoms in total. The number of nitrogens with one attached hydrogen (secondary N) is 1. The average molecular weight is 400 g/mol. The molecule has 0 spiro atoms. The number of halogens is 1. The Morgan fingerprint density at radius 1 is 1.21 bits per heavy atom. The standard InChI is InChI=1S/C21H23FN4OS/c1-4-13-25-20(18-7-5-6-8-19(18)27-3)23-26(21(25)28)15-24(2)14-16-9-11-17(22)12-10-16/h4-12H,1,13-15H2,2-3H3/p+1. The molecule has 0 bridgehead atoms. The molecule has 0 aliphatic rings. The molecule has 1 N–H and O–H groups in total. The van der Waals surface area contributed by atoms with Crippen molar-refractivity contribution in [2.45, 2.75) is 19.8 Å². The normalized spacial score (nSPS) is 12.0. The van der Waals surface area contributed by atoms with Crippen LogP contribution in [0.2, 0.25) is 0 Å². The Morgan fingerprint density at radius 3 is 2.61 bits per heavy atom. The number of benzene rings is 2. The maximum absolute atomic E-state index is 13.1. The molecule has 0 saturated heterocycles. The van der Waals surface area contributed by atoms with Crippen LogP contribution in [0.5, 0.6) is 5.75 Å². The molecule has 1 unspecified atom stereocenters. The van der Waals surface area contributed by atoms with E-state index >= 15 is 0 Å². The monoisotopic (exact) mass is 399 g/mol. The lowest BCUT2D eigenvalue weighted by molar-refractivity contribution is -0.917. The second kappa shape index (κ2) is 8.95. The van der Waals surface area contributed by atoms with Gasteiger partial charge in [0.15, 0.2) is 12.5 Å². The van der Waals surface area contributed by atoms with Gasteiger partial charge in [-0.15, -0.1) is 11.7 Å². The summed E-state index contributed by atoms with van der Waals surface area (Å²) in [5.41, 5.74) is 1.94. The molecule has 0 fully saturated rings. The van der Waals surface area contributed by atoms with Crippen LogP contribution in [0, 0.1) is 10.6 Å². The number of hydrogen-bond acceptors (Lipinski definition) is 3. The van der Waals surface area contributed by atoms with Crippen molar-refractivity contribution in [2.24, 2.45) is 0 Å². The number of para-hydroxylation sites is 1. The van der Waals surface area contributed by atoms with Gasteiger partial charge in [0, 0.05) is 12.1 Å². The summed E-state index contributed by atoms with van der Waals surface area (Å²) in [5, 5.41) is 4.77. The van der Waals surface area contributed by atoms with Gasteiger partial charge in [-0.1, -0.05) is 30.3 Å². The Balaban J connectivity index is 1.90. The van der Waals surface area contributed by atoms with Gasteiger partial charge < -0.3 is 9.64 Å². The maximum Gasteiger partial charge on any atom is 0.203 e. The molecular formula is C21H24FN4OS+. The van der Waals surface area contributed by atoms with Gasteiger partial charge in [0.1, 0.15) is 18.1 Å². The van der Waals surface area contributed by atoms with Crippen LogP contribution in [0.15, 0.2) is 61.2 Å². The largest absolute Gasteiger partial charge is 0.496 e.